The number of aliphatic hydroxyl groups is 1. The van der Waals surface area contributed by atoms with Crippen LogP contribution in [0.1, 0.15) is 356 Å². The Hall–Kier alpha value is -2.46. The molecule has 92 heavy (non-hydrogen) atoms. The first-order chi connectivity index (χ1) is 44.5. The third-order valence-corrected chi connectivity index (χ3v) is 18.3. The lowest BCUT2D eigenvalue weighted by Crippen LogP contribution is -2.30. The van der Waals surface area contributed by atoms with Gasteiger partial charge in [0.1, 0.15) is 19.3 Å². The molecule has 0 aromatic heterocycles. The highest BCUT2D eigenvalue weighted by Crippen LogP contribution is 2.45. The molecule has 3 N–H and O–H groups in total. The molecule has 0 spiro atoms. The number of hydrogen-bond acceptors (Lipinski definition) is 15. The van der Waals surface area contributed by atoms with E-state index in [0.717, 1.165) is 109 Å². The normalized spacial score (nSPS) is 14.2. The second-order valence-corrected chi connectivity index (χ2v) is 29.0. The molecule has 17 nitrogen and oxygen atoms in total. The van der Waals surface area contributed by atoms with Crippen molar-refractivity contribution >= 4 is 39.5 Å². The van der Waals surface area contributed by atoms with Gasteiger partial charge in [-0.05, 0) is 57.3 Å². The average Bonchev–Trinajstić information content (AvgIpc) is 3.06. The third-order valence-electron chi connectivity index (χ3n) is 16.4. The topological polar surface area (TPSA) is 237 Å². The van der Waals surface area contributed by atoms with Crippen LogP contribution in [0.4, 0.5) is 0 Å². The van der Waals surface area contributed by atoms with Crippen LogP contribution in [0.5, 0.6) is 0 Å². The van der Waals surface area contributed by atoms with Gasteiger partial charge in [0.2, 0.25) is 0 Å². The second kappa shape index (κ2) is 65.8. The molecular weight excluding hydrogens is 1210 g/mol. The first-order valence-corrected chi connectivity index (χ1v) is 40.4. The van der Waals surface area contributed by atoms with Crippen molar-refractivity contribution in [3.8, 4) is 0 Å². The highest BCUT2D eigenvalue weighted by molar-refractivity contribution is 7.47. The van der Waals surface area contributed by atoms with E-state index >= 15 is 0 Å². The van der Waals surface area contributed by atoms with E-state index in [0.29, 0.717) is 31.6 Å². The molecule has 0 bridgehead atoms. The number of phosphoric acid groups is 2. The molecule has 0 saturated heterocycles. The number of esters is 4. The number of carbonyl (C=O) groups is 4. The SMILES string of the molecule is CCCCCC/C=C\C=C/CCCCCCCC(=O)O[C@H](COC(=O)CCCCCCCCCCCCCCCC)COP(=O)(O)OC[C@@H](O)COP(=O)(O)OC[C@@H](COC(=O)CCCCCCCCC(C)C)OC(=O)CCCCCCCCCCCCCCCC. The summed E-state index contributed by atoms with van der Waals surface area (Å²) in [5.41, 5.74) is 0. The van der Waals surface area contributed by atoms with E-state index in [2.05, 4.69) is 58.9 Å². The van der Waals surface area contributed by atoms with Gasteiger partial charge < -0.3 is 33.8 Å². The Bertz CT molecular complexity index is 1860. The molecule has 542 valence electrons. The minimum absolute atomic E-state index is 0.0855. The van der Waals surface area contributed by atoms with Gasteiger partial charge in [0.25, 0.3) is 0 Å². The second-order valence-electron chi connectivity index (χ2n) is 26.1. The van der Waals surface area contributed by atoms with E-state index in [9.17, 15) is 43.2 Å². The fourth-order valence-electron chi connectivity index (χ4n) is 10.6. The molecule has 19 heteroatoms. The van der Waals surface area contributed by atoms with E-state index < -0.39 is 97.5 Å². The molecular formula is C73H138O17P2. The Balaban J connectivity index is 5.28. The molecule has 0 aliphatic rings. The lowest BCUT2D eigenvalue weighted by Gasteiger charge is -2.21. The summed E-state index contributed by atoms with van der Waals surface area (Å²) in [7, 11) is -9.92. The lowest BCUT2D eigenvalue weighted by atomic mass is 10.0. The summed E-state index contributed by atoms with van der Waals surface area (Å²) in [6.07, 6.45) is 56.3. The van der Waals surface area contributed by atoms with E-state index in [1.165, 1.54) is 161 Å². The molecule has 0 radical (unpaired) electrons. The maximum atomic E-state index is 13.0. The molecule has 0 aliphatic heterocycles. The predicted molar refractivity (Wildman–Crippen MR) is 372 cm³/mol. The van der Waals surface area contributed by atoms with Crippen LogP contribution in [0.2, 0.25) is 0 Å². The zero-order chi connectivity index (χ0) is 67.7. The quantitative estimate of drug-likeness (QED) is 0.0169. The van der Waals surface area contributed by atoms with Crippen LogP contribution in [0.25, 0.3) is 0 Å². The summed E-state index contributed by atoms with van der Waals surface area (Å²) in [5, 5.41) is 10.6. The number of unbranched alkanes of at least 4 members (excludes halogenated alkanes) is 40. The molecule has 5 atom stereocenters. The highest BCUT2D eigenvalue weighted by Gasteiger charge is 2.30. The lowest BCUT2D eigenvalue weighted by molar-refractivity contribution is -0.161. The van der Waals surface area contributed by atoms with Gasteiger partial charge in [0, 0.05) is 25.7 Å². The van der Waals surface area contributed by atoms with Crippen LogP contribution in [0.15, 0.2) is 24.3 Å². The van der Waals surface area contributed by atoms with Crippen LogP contribution in [0, 0.1) is 5.92 Å². The average molecular weight is 1350 g/mol. The van der Waals surface area contributed by atoms with Crippen LogP contribution >= 0.6 is 15.6 Å². The van der Waals surface area contributed by atoms with Crippen molar-refractivity contribution in [3.05, 3.63) is 24.3 Å². The maximum Gasteiger partial charge on any atom is 0.472 e. The largest absolute Gasteiger partial charge is 0.472 e. The predicted octanol–water partition coefficient (Wildman–Crippen LogP) is 20.9. The van der Waals surface area contributed by atoms with Gasteiger partial charge in [-0.3, -0.25) is 37.3 Å². The molecule has 0 aromatic rings. The van der Waals surface area contributed by atoms with Crippen molar-refractivity contribution in [1.82, 2.24) is 0 Å². The highest BCUT2D eigenvalue weighted by atomic mass is 31.2. The van der Waals surface area contributed by atoms with E-state index in [4.69, 9.17) is 37.0 Å². The summed E-state index contributed by atoms with van der Waals surface area (Å²) in [6.45, 7) is 7.12. The fraction of sp³-hybridized carbons (Fsp3) is 0.890. The first kappa shape index (κ1) is 89.5. The minimum atomic E-state index is -4.96. The maximum absolute atomic E-state index is 13.0. The summed E-state index contributed by atoms with van der Waals surface area (Å²) in [5.74, 6) is -1.47. The number of carbonyl (C=O) groups excluding carboxylic acids is 4. The molecule has 0 aromatic carbocycles. The Morgan fingerprint density at radius 3 is 0.891 bits per heavy atom. The van der Waals surface area contributed by atoms with Gasteiger partial charge in [-0.25, -0.2) is 9.13 Å². The molecule has 0 fully saturated rings. The van der Waals surface area contributed by atoms with E-state index in [-0.39, 0.29) is 25.7 Å². The van der Waals surface area contributed by atoms with Crippen molar-refractivity contribution in [3.63, 3.8) is 0 Å². The van der Waals surface area contributed by atoms with Crippen LogP contribution < -0.4 is 0 Å². The Labute approximate surface area is 561 Å². The molecule has 0 aliphatic carbocycles. The van der Waals surface area contributed by atoms with Crippen molar-refractivity contribution in [1.29, 1.82) is 0 Å². The van der Waals surface area contributed by atoms with E-state index in [1.807, 2.05) is 0 Å². The minimum Gasteiger partial charge on any atom is -0.462 e. The van der Waals surface area contributed by atoms with E-state index in [1.54, 1.807) is 0 Å². The zero-order valence-corrected chi connectivity index (χ0v) is 61.0. The number of aliphatic hydroxyl groups excluding tert-OH is 1. The monoisotopic (exact) mass is 1350 g/mol. The van der Waals surface area contributed by atoms with Crippen molar-refractivity contribution in [2.45, 2.75) is 374 Å². The number of ether oxygens (including phenoxy) is 4. The molecule has 0 amide bonds. The van der Waals surface area contributed by atoms with Crippen molar-refractivity contribution in [2.24, 2.45) is 5.92 Å². The standard InChI is InChI=1S/C73H138O17P2/c1-6-9-12-15-18-21-24-27-30-33-36-39-42-49-54-59-72(77)89-68(62-83-70(75)56-51-46-40-37-34-31-28-25-22-19-16-13-10-7-2)64-87-91(79,80)85-60-67(74)61-86-92(81,82)88-65-69(63-84-71(76)57-52-47-44-43-45-50-55-66(4)5)90-73(78)58-53-48-41-38-35-32-29-26-23-20-17-14-11-8-3/h21,24,27,30,66-69,74H,6-20,22-23,25-26,28-29,31-65H2,1-5H3,(H,79,80)(H,81,82)/b24-21-,30-27-/t67-,68-,69-/m1/s1. The van der Waals surface area contributed by atoms with Crippen molar-refractivity contribution < 1.29 is 80.2 Å². The van der Waals surface area contributed by atoms with Gasteiger partial charge in [-0.15, -0.1) is 0 Å². The Morgan fingerprint density at radius 2 is 0.587 bits per heavy atom. The zero-order valence-electron chi connectivity index (χ0n) is 59.2. The Morgan fingerprint density at radius 1 is 0.337 bits per heavy atom. The molecule has 0 heterocycles. The van der Waals surface area contributed by atoms with Crippen molar-refractivity contribution in [2.75, 3.05) is 39.6 Å². The molecule has 2 unspecified atom stereocenters. The summed E-state index contributed by atoms with van der Waals surface area (Å²) in [4.78, 5) is 72.6. The summed E-state index contributed by atoms with van der Waals surface area (Å²) >= 11 is 0. The van der Waals surface area contributed by atoms with Gasteiger partial charge in [0.15, 0.2) is 12.2 Å². The van der Waals surface area contributed by atoms with Gasteiger partial charge in [-0.2, -0.15) is 0 Å². The summed E-state index contributed by atoms with van der Waals surface area (Å²) < 4.78 is 68.3. The molecule has 0 rings (SSSR count). The Kier molecular flexibility index (Phi) is 64.0. The van der Waals surface area contributed by atoms with Crippen LogP contribution in [-0.4, -0.2) is 96.7 Å². The summed E-state index contributed by atoms with van der Waals surface area (Å²) in [6, 6.07) is 0. The fourth-order valence-corrected chi connectivity index (χ4v) is 12.2. The van der Waals surface area contributed by atoms with Gasteiger partial charge in [-0.1, -0.05) is 303 Å². The number of rotatable bonds is 71. The van der Waals surface area contributed by atoms with Crippen LogP contribution in [-0.2, 0) is 65.4 Å². The smallest absolute Gasteiger partial charge is 0.462 e. The first-order valence-electron chi connectivity index (χ1n) is 37.5. The number of hydrogen-bond donors (Lipinski definition) is 3. The number of allylic oxidation sites excluding steroid dienone is 4. The van der Waals surface area contributed by atoms with Gasteiger partial charge >= 0.3 is 39.5 Å². The molecule has 0 saturated carbocycles. The van der Waals surface area contributed by atoms with Gasteiger partial charge in [0.05, 0.1) is 26.4 Å². The third kappa shape index (κ3) is 66.2. The number of phosphoric ester groups is 2. The van der Waals surface area contributed by atoms with Crippen LogP contribution in [0.3, 0.4) is 0 Å².